The minimum Gasteiger partial charge on any atom is -0.350 e. The molecule has 5 nitrogen and oxygen atoms in total. The summed E-state index contributed by atoms with van der Waals surface area (Å²) < 4.78 is 0. The molecule has 0 saturated carbocycles. The lowest BCUT2D eigenvalue weighted by molar-refractivity contribution is -0.136. The van der Waals surface area contributed by atoms with E-state index >= 15 is 0 Å². The van der Waals surface area contributed by atoms with Crippen LogP contribution in [0, 0.1) is 0 Å². The van der Waals surface area contributed by atoms with Crippen LogP contribution in [0.2, 0.25) is 0 Å². The first kappa shape index (κ1) is 14.9. The number of Topliss-reactive ketones (excluding diaryl/α,β-unsaturated/α-hetero) is 1. The zero-order valence-corrected chi connectivity index (χ0v) is 10.9. The Labute approximate surface area is 112 Å². The van der Waals surface area contributed by atoms with Gasteiger partial charge in [0.05, 0.1) is 0 Å². The van der Waals surface area contributed by atoms with Gasteiger partial charge >= 0.3 is 0 Å². The van der Waals surface area contributed by atoms with Gasteiger partial charge in [-0.05, 0) is 25.0 Å². The summed E-state index contributed by atoms with van der Waals surface area (Å²) in [5.41, 5.74) is 0.775. The van der Waals surface area contributed by atoms with Gasteiger partial charge in [-0.1, -0.05) is 18.2 Å². The molecule has 0 aromatic heterocycles. The lowest BCUT2D eigenvalue weighted by atomic mass is 10.2. The molecule has 19 heavy (non-hydrogen) atoms. The molecule has 0 radical (unpaired) electrons. The van der Waals surface area contributed by atoms with Crippen LogP contribution in [0.1, 0.15) is 26.2 Å². The molecule has 0 saturated heterocycles. The lowest BCUT2D eigenvalue weighted by Gasteiger charge is -2.05. The van der Waals surface area contributed by atoms with Gasteiger partial charge in [0, 0.05) is 25.6 Å². The molecule has 0 spiro atoms. The van der Waals surface area contributed by atoms with Gasteiger partial charge in [0.1, 0.15) is 0 Å². The Bertz CT molecular complexity index is 443. The number of para-hydroxylation sites is 1. The molecule has 1 aromatic rings. The molecule has 0 aliphatic heterocycles. The van der Waals surface area contributed by atoms with Crippen molar-refractivity contribution in [3.63, 3.8) is 0 Å². The van der Waals surface area contributed by atoms with Gasteiger partial charge in [-0.3, -0.25) is 14.4 Å². The lowest BCUT2D eigenvalue weighted by Crippen LogP contribution is -2.30. The number of anilines is 1. The summed E-state index contributed by atoms with van der Waals surface area (Å²) in [4.78, 5) is 33.1. The zero-order chi connectivity index (χ0) is 14.1. The van der Waals surface area contributed by atoms with Crippen LogP contribution in [0.25, 0.3) is 0 Å². The van der Waals surface area contributed by atoms with Crippen LogP contribution in [-0.4, -0.2) is 24.1 Å². The Morgan fingerprint density at radius 1 is 1.05 bits per heavy atom. The smallest absolute Gasteiger partial charge is 0.287 e. The van der Waals surface area contributed by atoms with E-state index in [2.05, 4.69) is 10.6 Å². The molecule has 0 bridgehead atoms. The number of carbonyl (C=O) groups excluding carboxylic acids is 3. The Hall–Kier alpha value is -2.17. The van der Waals surface area contributed by atoms with Crippen molar-refractivity contribution in [3.05, 3.63) is 30.3 Å². The quantitative estimate of drug-likeness (QED) is 0.577. The van der Waals surface area contributed by atoms with Crippen molar-refractivity contribution in [1.29, 1.82) is 0 Å². The molecule has 102 valence electrons. The molecule has 0 aliphatic carbocycles. The molecular weight excluding hydrogens is 244 g/mol. The van der Waals surface area contributed by atoms with E-state index in [0.29, 0.717) is 25.8 Å². The Morgan fingerprint density at radius 2 is 1.74 bits per heavy atom. The number of rotatable bonds is 7. The van der Waals surface area contributed by atoms with Gasteiger partial charge in [0.15, 0.2) is 0 Å². The highest BCUT2D eigenvalue weighted by molar-refractivity contribution is 6.35. The highest BCUT2D eigenvalue weighted by atomic mass is 16.2. The van der Waals surface area contributed by atoms with E-state index in [4.69, 9.17) is 0 Å². The summed E-state index contributed by atoms with van der Waals surface area (Å²) in [6.45, 7) is 1.64. The number of carbonyl (C=O) groups is 3. The van der Waals surface area contributed by atoms with Crippen LogP contribution in [0.15, 0.2) is 30.3 Å². The molecule has 5 heteroatoms. The van der Waals surface area contributed by atoms with E-state index in [0.717, 1.165) is 5.69 Å². The normalized spacial score (nSPS) is 9.74. The van der Waals surface area contributed by atoms with Gasteiger partial charge in [-0.2, -0.15) is 0 Å². The summed E-state index contributed by atoms with van der Waals surface area (Å²) in [6.07, 6.45) is 1.73. The number of hydrogen-bond acceptors (Lipinski definition) is 3. The second kappa shape index (κ2) is 8.02. The van der Waals surface area contributed by atoms with Crippen molar-refractivity contribution in [2.75, 3.05) is 11.9 Å². The number of unbranched alkanes of at least 4 members (excludes halogenated alkanes) is 1. The SMILES string of the molecule is CC(=O)C(=O)NCCCCC(=O)Nc1ccccc1. The average molecular weight is 262 g/mol. The molecule has 0 aliphatic rings. The third-order valence-electron chi connectivity index (χ3n) is 2.49. The first-order chi connectivity index (χ1) is 9.09. The monoisotopic (exact) mass is 262 g/mol. The van der Waals surface area contributed by atoms with Gasteiger partial charge < -0.3 is 10.6 Å². The van der Waals surface area contributed by atoms with Crippen molar-refractivity contribution in [1.82, 2.24) is 5.32 Å². The number of nitrogens with one attached hydrogen (secondary N) is 2. The summed E-state index contributed by atoms with van der Waals surface area (Å²) in [5.74, 6) is -1.13. The molecule has 0 unspecified atom stereocenters. The number of benzene rings is 1. The van der Waals surface area contributed by atoms with Crippen LogP contribution in [-0.2, 0) is 14.4 Å². The topological polar surface area (TPSA) is 75.3 Å². The van der Waals surface area contributed by atoms with Gasteiger partial charge in [-0.25, -0.2) is 0 Å². The van der Waals surface area contributed by atoms with Crippen LogP contribution >= 0.6 is 0 Å². The fourth-order valence-corrected chi connectivity index (χ4v) is 1.48. The number of hydrogen-bond donors (Lipinski definition) is 2. The fourth-order valence-electron chi connectivity index (χ4n) is 1.48. The van der Waals surface area contributed by atoms with Crippen molar-refractivity contribution < 1.29 is 14.4 Å². The molecule has 0 fully saturated rings. The van der Waals surface area contributed by atoms with E-state index in [-0.39, 0.29) is 5.91 Å². The summed E-state index contributed by atoms with van der Waals surface area (Å²) in [7, 11) is 0. The summed E-state index contributed by atoms with van der Waals surface area (Å²) in [5, 5.41) is 5.26. The zero-order valence-electron chi connectivity index (χ0n) is 10.9. The summed E-state index contributed by atoms with van der Waals surface area (Å²) in [6, 6.07) is 9.24. The first-order valence-electron chi connectivity index (χ1n) is 6.23. The fraction of sp³-hybridized carbons (Fsp3) is 0.357. The highest BCUT2D eigenvalue weighted by Crippen LogP contribution is 2.06. The molecule has 0 heterocycles. The minimum atomic E-state index is -0.575. The molecular formula is C14H18N2O3. The van der Waals surface area contributed by atoms with Crippen molar-refractivity contribution >= 4 is 23.3 Å². The maximum Gasteiger partial charge on any atom is 0.287 e. The number of ketones is 1. The molecule has 2 N–H and O–H groups in total. The van der Waals surface area contributed by atoms with Crippen LogP contribution < -0.4 is 10.6 Å². The average Bonchev–Trinajstić information content (AvgIpc) is 2.39. The first-order valence-corrected chi connectivity index (χ1v) is 6.23. The maximum atomic E-state index is 11.6. The minimum absolute atomic E-state index is 0.0518. The summed E-state index contributed by atoms with van der Waals surface area (Å²) >= 11 is 0. The Kier molecular flexibility index (Phi) is 6.29. The standard InChI is InChI=1S/C14H18N2O3/c1-11(17)14(19)15-10-6-5-9-13(18)16-12-7-3-2-4-8-12/h2-4,7-8H,5-6,9-10H2,1H3,(H,15,19)(H,16,18). The highest BCUT2D eigenvalue weighted by Gasteiger charge is 2.06. The Balaban J connectivity index is 2.11. The van der Waals surface area contributed by atoms with Crippen LogP contribution in [0.3, 0.4) is 0 Å². The second-order valence-corrected chi connectivity index (χ2v) is 4.18. The van der Waals surface area contributed by atoms with Gasteiger partial charge in [0.2, 0.25) is 11.7 Å². The Morgan fingerprint density at radius 3 is 2.37 bits per heavy atom. The third-order valence-corrected chi connectivity index (χ3v) is 2.49. The largest absolute Gasteiger partial charge is 0.350 e. The van der Waals surface area contributed by atoms with E-state index in [9.17, 15) is 14.4 Å². The molecule has 0 atom stereocenters. The van der Waals surface area contributed by atoms with Crippen molar-refractivity contribution in [3.8, 4) is 0 Å². The molecule has 1 rings (SSSR count). The predicted molar refractivity (Wildman–Crippen MR) is 72.6 cm³/mol. The molecule has 1 aromatic carbocycles. The van der Waals surface area contributed by atoms with Crippen molar-refractivity contribution in [2.24, 2.45) is 0 Å². The van der Waals surface area contributed by atoms with E-state index in [1.165, 1.54) is 6.92 Å². The van der Waals surface area contributed by atoms with Crippen LogP contribution in [0.5, 0.6) is 0 Å². The van der Waals surface area contributed by atoms with Crippen molar-refractivity contribution in [2.45, 2.75) is 26.2 Å². The van der Waals surface area contributed by atoms with E-state index < -0.39 is 11.7 Å². The third kappa shape index (κ3) is 6.35. The van der Waals surface area contributed by atoms with Gasteiger partial charge in [0.25, 0.3) is 5.91 Å². The van der Waals surface area contributed by atoms with E-state index in [1.54, 1.807) is 0 Å². The number of amides is 2. The van der Waals surface area contributed by atoms with Gasteiger partial charge in [-0.15, -0.1) is 0 Å². The van der Waals surface area contributed by atoms with Crippen LogP contribution in [0.4, 0.5) is 5.69 Å². The predicted octanol–water partition coefficient (Wildman–Crippen LogP) is 1.50. The van der Waals surface area contributed by atoms with E-state index in [1.807, 2.05) is 30.3 Å². The second-order valence-electron chi connectivity index (χ2n) is 4.18. The molecule has 2 amide bonds. The maximum absolute atomic E-state index is 11.6.